The third-order valence-electron chi connectivity index (χ3n) is 3.95. The fourth-order valence-corrected chi connectivity index (χ4v) is 2.69. The van der Waals surface area contributed by atoms with Crippen LogP contribution in [-0.2, 0) is 11.2 Å². The van der Waals surface area contributed by atoms with Crippen LogP contribution >= 0.6 is 11.6 Å². The molecule has 8 nitrogen and oxygen atoms in total. The first-order valence-corrected chi connectivity index (χ1v) is 8.83. The fourth-order valence-electron chi connectivity index (χ4n) is 2.56. The summed E-state index contributed by atoms with van der Waals surface area (Å²) >= 11 is 5.81. The lowest BCUT2D eigenvalue weighted by molar-refractivity contribution is -0.384. The summed E-state index contributed by atoms with van der Waals surface area (Å²) in [5, 5.41) is 15.8. The largest absolute Gasteiger partial charge is 0.497 e. The van der Waals surface area contributed by atoms with Gasteiger partial charge in [0.05, 0.1) is 36.3 Å². The number of nitrogens with one attached hydrogen (secondary N) is 1. The van der Waals surface area contributed by atoms with Crippen molar-refractivity contribution in [2.45, 2.75) is 6.42 Å². The molecule has 1 heterocycles. The molecule has 9 heteroatoms. The Balaban J connectivity index is 1.66. The van der Waals surface area contributed by atoms with Crippen molar-refractivity contribution in [2.75, 3.05) is 7.11 Å². The predicted octanol–water partition coefficient (Wildman–Crippen LogP) is 4.21. The van der Waals surface area contributed by atoms with E-state index >= 15 is 0 Å². The molecule has 3 rings (SSSR count). The Kier molecular flexibility index (Phi) is 6.25. The highest BCUT2D eigenvalue weighted by molar-refractivity contribution is 6.30. The monoisotopic (exact) mass is 413 g/mol. The van der Waals surface area contributed by atoms with Crippen molar-refractivity contribution in [3.05, 3.63) is 81.1 Å². The first kappa shape index (κ1) is 20.1. The molecule has 1 amide bonds. The number of benzene rings is 2. The van der Waals surface area contributed by atoms with Crippen LogP contribution in [0.5, 0.6) is 5.75 Å². The van der Waals surface area contributed by atoms with Crippen molar-refractivity contribution < 1.29 is 18.9 Å². The summed E-state index contributed by atoms with van der Waals surface area (Å²) in [6.07, 6.45) is 1.47. The van der Waals surface area contributed by atoms with Gasteiger partial charge in [-0.3, -0.25) is 14.9 Å². The Morgan fingerprint density at radius 2 is 2.00 bits per heavy atom. The van der Waals surface area contributed by atoms with Crippen molar-refractivity contribution in [1.82, 2.24) is 5.43 Å². The van der Waals surface area contributed by atoms with Crippen molar-refractivity contribution in [3.63, 3.8) is 0 Å². The van der Waals surface area contributed by atoms with Gasteiger partial charge in [0.25, 0.3) is 5.69 Å². The number of ether oxygens (including phenoxy) is 1. The van der Waals surface area contributed by atoms with Gasteiger partial charge < -0.3 is 9.15 Å². The lowest BCUT2D eigenvalue weighted by Crippen LogP contribution is -2.19. The summed E-state index contributed by atoms with van der Waals surface area (Å²) in [5.41, 5.74) is 3.37. The summed E-state index contributed by atoms with van der Waals surface area (Å²) < 4.78 is 10.6. The zero-order valence-electron chi connectivity index (χ0n) is 15.3. The number of nitro groups is 1. The van der Waals surface area contributed by atoms with Gasteiger partial charge in [0, 0.05) is 5.02 Å². The Morgan fingerprint density at radius 3 is 2.69 bits per heavy atom. The number of hydrogen-bond donors (Lipinski definition) is 1. The second-order valence-corrected chi connectivity index (χ2v) is 6.38. The summed E-state index contributed by atoms with van der Waals surface area (Å²) in [6, 6.07) is 14.6. The molecule has 3 aromatic rings. The lowest BCUT2D eigenvalue weighted by Gasteiger charge is -2.03. The fraction of sp³-hybridized carbons (Fsp3) is 0.100. The highest BCUT2D eigenvalue weighted by atomic mass is 35.5. The van der Waals surface area contributed by atoms with Crippen LogP contribution in [0.15, 0.2) is 64.1 Å². The normalized spacial score (nSPS) is 10.8. The van der Waals surface area contributed by atoms with Crippen LogP contribution < -0.4 is 10.2 Å². The second-order valence-electron chi connectivity index (χ2n) is 5.94. The number of nitro benzene ring substituents is 1. The molecule has 0 radical (unpaired) electrons. The summed E-state index contributed by atoms with van der Waals surface area (Å²) in [5.74, 6) is 0.698. The van der Waals surface area contributed by atoms with Gasteiger partial charge in [-0.25, -0.2) is 5.43 Å². The van der Waals surface area contributed by atoms with Gasteiger partial charge in [-0.1, -0.05) is 23.7 Å². The minimum Gasteiger partial charge on any atom is -0.497 e. The second kappa shape index (κ2) is 9.03. The minimum absolute atomic E-state index is 0.140. The van der Waals surface area contributed by atoms with Crippen LogP contribution in [0.1, 0.15) is 11.3 Å². The van der Waals surface area contributed by atoms with Crippen LogP contribution in [0.25, 0.3) is 11.3 Å². The molecule has 0 fully saturated rings. The first-order chi connectivity index (χ1) is 14.0. The van der Waals surface area contributed by atoms with E-state index in [1.54, 1.807) is 48.5 Å². The number of furan rings is 1. The number of methoxy groups -OCH3 is 1. The van der Waals surface area contributed by atoms with Gasteiger partial charge in [-0.2, -0.15) is 5.10 Å². The molecule has 0 aliphatic carbocycles. The number of carbonyl (C=O) groups is 1. The van der Waals surface area contributed by atoms with E-state index in [2.05, 4.69) is 10.5 Å². The number of rotatable bonds is 7. The van der Waals surface area contributed by atoms with Crippen LogP contribution in [0.3, 0.4) is 0 Å². The van der Waals surface area contributed by atoms with E-state index in [1.807, 2.05) is 0 Å². The number of amides is 1. The maximum atomic E-state index is 11.9. The van der Waals surface area contributed by atoms with Gasteiger partial charge in [0.1, 0.15) is 17.3 Å². The molecule has 0 unspecified atom stereocenters. The Hall–Kier alpha value is -3.65. The smallest absolute Gasteiger partial charge is 0.284 e. The minimum atomic E-state index is -0.509. The third-order valence-corrected chi connectivity index (χ3v) is 4.20. The molecule has 2 aromatic carbocycles. The molecule has 148 valence electrons. The van der Waals surface area contributed by atoms with E-state index in [0.29, 0.717) is 27.9 Å². The number of hydrogen-bond acceptors (Lipinski definition) is 6. The van der Waals surface area contributed by atoms with Crippen LogP contribution in [0, 0.1) is 10.1 Å². The SMILES string of the molecule is COc1ccc(-c2ccc(/C=N\NC(=O)Cc3ccc(Cl)cc3)o2)c([N+](=O)[O-])c1. The topological polar surface area (TPSA) is 107 Å². The van der Waals surface area contributed by atoms with Crippen LogP contribution in [0.2, 0.25) is 5.02 Å². The van der Waals surface area contributed by atoms with Gasteiger partial charge in [-0.05, 0) is 42.0 Å². The Labute approximate surface area is 170 Å². The summed E-state index contributed by atoms with van der Waals surface area (Å²) in [6.45, 7) is 0. The van der Waals surface area contributed by atoms with E-state index in [4.69, 9.17) is 20.8 Å². The Morgan fingerprint density at radius 1 is 1.24 bits per heavy atom. The van der Waals surface area contributed by atoms with E-state index in [1.165, 1.54) is 19.4 Å². The molecule has 0 bridgehead atoms. The Bertz CT molecular complexity index is 1060. The molecule has 0 atom stereocenters. The molecule has 1 aromatic heterocycles. The van der Waals surface area contributed by atoms with Crippen molar-refractivity contribution in [3.8, 4) is 17.1 Å². The van der Waals surface area contributed by atoms with Crippen molar-refractivity contribution in [2.24, 2.45) is 5.10 Å². The van der Waals surface area contributed by atoms with E-state index in [-0.39, 0.29) is 18.0 Å². The maximum absolute atomic E-state index is 11.9. The van der Waals surface area contributed by atoms with Gasteiger partial charge >= 0.3 is 0 Å². The van der Waals surface area contributed by atoms with E-state index in [9.17, 15) is 14.9 Å². The molecule has 29 heavy (non-hydrogen) atoms. The highest BCUT2D eigenvalue weighted by Gasteiger charge is 2.19. The predicted molar refractivity (Wildman–Crippen MR) is 108 cm³/mol. The standard InChI is InChI=1S/C20H16ClN3O5/c1-28-15-6-8-17(18(11-15)24(26)27)19-9-7-16(29-19)12-22-23-20(25)10-13-2-4-14(21)5-3-13/h2-9,11-12H,10H2,1H3,(H,23,25)/b22-12-. The number of hydrazone groups is 1. The van der Waals surface area contributed by atoms with E-state index in [0.717, 1.165) is 5.56 Å². The number of nitrogens with zero attached hydrogens (tertiary/aromatic N) is 2. The quantitative estimate of drug-likeness (QED) is 0.354. The van der Waals surface area contributed by atoms with Gasteiger partial charge in [0.15, 0.2) is 0 Å². The zero-order chi connectivity index (χ0) is 20.8. The molecule has 0 saturated heterocycles. The molecular formula is C20H16ClN3O5. The molecule has 0 saturated carbocycles. The van der Waals surface area contributed by atoms with Crippen molar-refractivity contribution in [1.29, 1.82) is 0 Å². The number of halogens is 1. The molecular weight excluding hydrogens is 398 g/mol. The first-order valence-electron chi connectivity index (χ1n) is 8.45. The van der Waals surface area contributed by atoms with E-state index < -0.39 is 4.92 Å². The average molecular weight is 414 g/mol. The van der Waals surface area contributed by atoms with Gasteiger partial charge in [0.2, 0.25) is 5.91 Å². The summed E-state index contributed by atoms with van der Waals surface area (Å²) in [4.78, 5) is 22.7. The van der Waals surface area contributed by atoms with Crippen LogP contribution in [-0.4, -0.2) is 24.2 Å². The molecule has 0 spiro atoms. The highest BCUT2D eigenvalue weighted by Crippen LogP contribution is 2.33. The third kappa shape index (κ3) is 5.20. The molecule has 0 aliphatic rings. The number of carbonyl (C=O) groups excluding carboxylic acids is 1. The summed E-state index contributed by atoms with van der Waals surface area (Å²) in [7, 11) is 1.43. The molecule has 1 N–H and O–H groups in total. The molecule has 0 aliphatic heterocycles. The average Bonchev–Trinajstić information content (AvgIpc) is 3.18. The van der Waals surface area contributed by atoms with Crippen molar-refractivity contribution >= 4 is 29.4 Å². The lowest BCUT2D eigenvalue weighted by atomic mass is 10.1. The van der Waals surface area contributed by atoms with Crippen LogP contribution in [0.4, 0.5) is 5.69 Å². The van der Waals surface area contributed by atoms with Gasteiger partial charge in [-0.15, -0.1) is 0 Å². The zero-order valence-corrected chi connectivity index (χ0v) is 16.1. The maximum Gasteiger partial charge on any atom is 0.284 e.